The maximum atomic E-state index is 5.38. The van der Waals surface area contributed by atoms with Gasteiger partial charge in [-0.05, 0) is 43.7 Å². The van der Waals surface area contributed by atoms with Crippen molar-refractivity contribution < 1.29 is 0 Å². The second-order valence-electron chi connectivity index (χ2n) is 5.71. The van der Waals surface area contributed by atoms with E-state index in [1.54, 1.807) is 0 Å². The van der Waals surface area contributed by atoms with Crippen LogP contribution in [0.3, 0.4) is 0 Å². The molecule has 0 fully saturated rings. The lowest BCUT2D eigenvalue weighted by Gasteiger charge is -2.22. The van der Waals surface area contributed by atoms with Crippen LogP contribution in [0.1, 0.15) is 18.1 Å². The van der Waals surface area contributed by atoms with E-state index in [-0.39, 0.29) is 0 Å². The standard InChI is InChI=1S/C20H24N2/c1-4-13-22(3)17(2)14-19-11-8-12-20(15-19)21-16-18-9-6-5-7-10-18/h1,5-12,15,17,21H,13-14,16H2,2-3H3/t17-/m1/s1. The fourth-order valence-corrected chi connectivity index (χ4v) is 2.41. The Kier molecular flexibility index (Phi) is 6.06. The highest BCUT2D eigenvalue weighted by Crippen LogP contribution is 2.15. The first-order chi connectivity index (χ1) is 10.7. The lowest BCUT2D eigenvalue weighted by Crippen LogP contribution is -2.31. The van der Waals surface area contributed by atoms with E-state index in [1.165, 1.54) is 11.1 Å². The van der Waals surface area contributed by atoms with Crippen LogP contribution in [0.5, 0.6) is 0 Å². The van der Waals surface area contributed by atoms with Crippen LogP contribution in [0, 0.1) is 12.3 Å². The van der Waals surface area contributed by atoms with Crippen LogP contribution < -0.4 is 5.32 Å². The van der Waals surface area contributed by atoms with Crippen molar-refractivity contribution in [2.24, 2.45) is 0 Å². The van der Waals surface area contributed by atoms with Gasteiger partial charge >= 0.3 is 0 Å². The number of benzene rings is 2. The van der Waals surface area contributed by atoms with Gasteiger partial charge in [0, 0.05) is 18.3 Å². The van der Waals surface area contributed by atoms with Crippen LogP contribution >= 0.6 is 0 Å². The lowest BCUT2D eigenvalue weighted by atomic mass is 10.1. The number of hydrogen-bond acceptors (Lipinski definition) is 2. The van der Waals surface area contributed by atoms with Gasteiger partial charge in [0.05, 0.1) is 6.54 Å². The minimum absolute atomic E-state index is 0.431. The van der Waals surface area contributed by atoms with Gasteiger partial charge in [0.15, 0.2) is 0 Å². The molecule has 1 atom stereocenters. The molecule has 0 heterocycles. The summed E-state index contributed by atoms with van der Waals surface area (Å²) in [5.74, 6) is 2.70. The predicted octanol–water partition coefficient (Wildman–Crippen LogP) is 3.79. The number of hydrogen-bond donors (Lipinski definition) is 1. The van der Waals surface area contributed by atoms with Gasteiger partial charge in [-0.15, -0.1) is 6.42 Å². The molecule has 1 N–H and O–H groups in total. The maximum Gasteiger partial charge on any atom is 0.0598 e. The topological polar surface area (TPSA) is 15.3 Å². The Bertz CT molecular complexity index is 613. The van der Waals surface area contributed by atoms with Gasteiger partial charge in [0.1, 0.15) is 0 Å². The molecule has 0 aliphatic rings. The zero-order chi connectivity index (χ0) is 15.8. The molecule has 0 aliphatic heterocycles. The molecule has 2 rings (SSSR count). The average molecular weight is 292 g/mol. The van der Waals surface area contributed by atoms with E-state index in [0.717, 1.165) is 18.7 Å². The van der Waals surface area contributed by atoms with Crippen molar-refractivity contribution >= 4 is 5.69 Å². The minimum atomic E-state index is 0.431. The van der Waals surface area contributed by atoms with Gasteiger partial charge in [-0.3, -0.25) is 4.90 Å². The Morgan fingerprint density at radius 1 is 1.09 bits per heavy atom. The van der Waals surface area contributed by atoms with E-state index in [9.17, 15) is 0 Å². The third-order valence-electron chi connectivity index (χ3n) is 3.89. The molecule has 0 spiro atoms. The average Bonchev–Trinajstić information content (AvgIpc) is 2.54. The van der Waals surface area contributed by atoms with Crippen LogP contribution in [0.2, 0.25) is 0 Å². The van der Waals surface area contributed by atoms with E-state index < -0.39 is 0 Å². The third-order valence-corrected chi connectivity index (χ3v) is 3.89. The highest BCUT2D eigenvalue weighted by Gasteiger charge is 2.09. The lowest BCUT2D eigenvalue weighted by molar-refractivity contribution is 0.287. The Morgan fingerprint density at radius 2 is 1.82 bits per heavy atom. The Labute approximate surface area is 134 Å². The molecular weight excluding hydrogens is 268 g/mol. The van der Waals surface area contributed by atoms with Gasteiger partial charge in [0.2, 0.25) is 0 Å². The largest absolute Gasteiger partial charge is 0.381 e. The molecule has 22 heavy (non-hydrogen) atoms. The summed E-state index contributed by atoms with van der Waals surface area (Å²) in [5.41, 5.74) is 3.78. The molecule has 114 valence electrons. The quantitative estimate of drug-likeness (QED) is 0.781. The molecule has 2 aromatic carbocycles. The number of likely N-dealkylation sites (N-methyl/N-ethyl adjacent to an activating group) is 1. The van der Waals surface area contributed by atoms with Crippen molar-refractivity contribution in [2.45, 2.75) is 25.9 Å². The van der Waals surface area contributed by atoms with E-state index in [4.69, 9.17) is 6.42 Å². The number of rotatable bonds is 7. The van der Waals surface area contributed by atoms with E-state index >= 15 is 0 Å². The Hall–Kier alpha value is -2.24. The van der Waals surface area contributed by atoms with Gasteiger partial charge in [0.25, 0.3) is 0 Å². The Morgan fingerprint density at radius 3 is 2.55 bits per heavy atom. The zero-order valence-electron chi connectivity index (χ0n) is 13.4. The van der Waals surface area contributed by atoms with Gasteiger partial charge in [-0.1, -0.05) is 48.4 Å². The molecule has 0 saturated heterocycles. The van der Waals surface area contributed by atoms with Crippen LogP contribution in [0.4, 0.5) is 5.69 Å². The molecule has 2 heteroatoms. The minimum Gasteiger partial charge on any atom is -0.381 e. The summed E-state index contributed by atoms with van der Waals surface area (Å²) in [6.45, 7) is 3.74. The summed E-state index contributed by atoms with van der Waals surface area (Å²) in [5, 5.41) is 3.48. The molecule has 0 saturated carbocycles. The van der Waals surface area contributed by atoms with Crippen molar-refractivity contribution in [2.75, 3.05) is 18.9 Å². The summed E-state index contributed by atoms with van der Waals surface area (Å²) in [4.78, 5) is 2.20. The van der Waals surface area contributed by atoms with Crippen molar-refractivity contribution in [1.82, 2.24) is 4.90 Å². The molecular formula is C20H24N2. The molecule has 0 radical (unpaired) electrons. The smallest absolute Gasteiger partial charge is 0.0598 e. The number of nitrogens with zero attached hydrogens (tertiary/aromatic N) is 1. The highest BCUT2D eigenvalue weighted by molar-refractivity contribution is 5.46. The van der Waals surface area contributed by atoms with Crippen LogP contribution in [0.25, 0.3) is 0 Å². The monoisotopic (exact) mass is 292 g/mol. The number of nitrogens with one attached hydrogen (secondary N) is 1. The molecule has 0 amide bonds. The molecule has 0 aromatic heterocycles. The fourth-order valence-electron chi connectivity index (χ4n) is 2.41. The third kappa shape index (κ3) is 4.95. The second-order valence-corrected chi connectivity index (χ2v) is 5.71. The van der Waals surface area contributed by atoms with Crippen molar-refractivity contribution in [3.05, 3.63) is 65.7 Å². The van der Waals surface area contributed by atoms with Gasteiger partial charge in [-0.25, -0.2) is 0 Å². The van der Waals surface area contributed by atoms with Gasteiger partial charge in [-0.2, -0.15) is 0 Å². The molecule has 0 bridgehead atoms. The molecule has 0 unspecified atom stereocenters. The van der Waals surface area contributed by atoms with Crippen LogP contribution in [-0.4, -0.2) is 24.5 Å². The Balaban J connectivity index is 1.94. The van der Waals surface area contributed by atoms with Gasteiger partial charge < -0.3 is 5.32 Å². The second kappa shape index (κ2) is 8.26. The zero-order valence-corrected chi connectivity index (χ0v) is 13.4. The van der Waals surface area contributed by atoms with E-state index in [0.29, 0.717) is 12.6 Å². The first-order valence-electron chi connectivity index (χ1n) is 7.69. The summed E-state index contributed by atoms with van der Waals surface area (Å²) < 4.78 is 0. The van der Waals surface area contributed by atoms with Crippen LogP contribution in [0.15, 0.2) is 54.6 Å². The first-order valence-corrected chi connectivity index (χ1v) is 7.69. The fraction of sp³-hybridized carbons (Fsp3) is 0.300. The maximum absolute atomic E-state index is 5.38. The molecule has 0 aliphatic carbocycles. The summed E-state index contributed by atoms with van der Waals surface area (Å²) in [6.07, 6.45) is 6.38. The molecule has 2 aromatic rings. The first kappa shape index (κ1) is 16.1. The van der Waals surface area contributed by atoms with E-state index in [1.807, 2.05) is 6.07 Å². The SMILES string of the molecule is C#CCN(C)[C@H](C)Cc1cccc(NCc2ccccc2)c1. The van der Waals surface area contributed by atoms with Crippen molar-refractivity contribution in [1.29, 1.82) is 0 Å². The highest BCUT2D eigenvalue weighted by atomic mass is 15.1. The van der Waals surface area contributed by atoms with Crippen molar-refractivity contribution in [3.8, 4) is 12.3 Å². The summed E-state index contributed by atoms with van der Waals surface area (Å²) in [6, 6.07) is 19.5. The number of terminal acetylenes is 1. The normalized spacial score (nSPS) is 11.9. The van der Waals surface area contributed by atoms with Crippen molar-refractivity contribution in [3.63, 3.8) is 0 Å². The van der Waals surface area contributed by atoms with E-state index in [2.05, 4.69) is 78.6 Å². The summed E-state index contributed by atoms with van der Waals surface area (Å²) in [7, 11) is 2.07. The summed E-state index contributed by atoms with van der Waals surface area (Å²) >= 11 is 0. The predicted molar refractivity (Wildman–Crippen MR) is 94.8 cm³/mol. The number of anilines is 1. The van der Waals surface area contributed by atoms with Crippen LogP contribution in [-0.2, 0) is 13.0 Å². The molecule has 2 nitrogen and oxygen atoms in total.